The Labute approximate surface area is 67.3 Å². The molecule has 0 unspecified atom stereocenters. The highest BCUT2D eigenvalue weighted by Gasteiger charge is 1.84. The molecule has 0 radical (unpaired) electrons. The third-order valence-corrected chi connectivity index (χ3v) is 0. The van der Waals surface area contributed by atoms with Crippen LogP contribution < -0.4 is 6.15 Å². The van der Waals surface area contributed by atoms with Gasteiger partial charge in [-0.3, -0.25) is 13.9 Å². The van der Waals surface area contributed by atoms with Crippen LogP contribution in [0, 0.1) is 0 Å². The molecule has 0 aromatic heterocycles. The van der Waals surface area contributed by atoms with E-state index in [1.54, 1.807) is 0 Å². The molecule has 0 atom stereocenters. The average Bonchev–Trinajstić information content (AvgIpc) is 1.19. The van der Waals surface area contributed by atoms with E-state index in [-0.39, 0.29) is 6.15 Å². The summed E-state index contributed by atoms with van der Waals surface area (Å²) in [5.74, 6) is 0. The molecule has 0 saturated heterocycles. The van der Waals surface area contributed by atoms with E-state index in [9.17, 15) is 0 Å². The summed E-state index contributed by atoms with van der Waals surface area (Å²) in [4.78, 5) is 8.98. The van der Waals surface area contributed by atoms with Crippen molar-refractivity contribution in [2.24, 2.45) is 0 Å². The Balaban J connectivity index is -0.0000000910. The van der Waals surface area contributed by atoms with Crippen LogP contribution in [-0.2, 0) is 10.4 Å². The normalized spacial score (nSPS) is 8.40. The van der Waals surface area contributed by atoms with E-state index in [0.717, 1.165) is 0 Å². The zero-order valence-corrected chi connectivity index (χ0v) is 6.82. The molecule has 0 aliphatic heterocycles. The second-order valence-electron chi connectivity index (χ2n) is 0.674. The molecule has 0 heterocycles. The average molecular weight is 214 g/mol. The molecule has 0 aromatic carbocycles. The summed E-state index contributed by atoms with van der Waals surface area (Å²) in [6.45, 7) is 0. The summed E-state index contributed by atoms with van der Waals surface area (Å²) in [6.07, 6.45) is 0. The van der Waals surface area contributed by atoms with Crippen molar-refractivity contribution >= 4 is 38.3 Å². The second-order valence-corrected chi connectivity index (χ2v) is 2.45. The van der Waals surface area contributed by atoms with E-state index < -0.39 is 15.1 Å². The van der Waals surface area contributed by atoms with Crippen molar-refractivity contribution in [1.82, 2.24) is 6.15 Å². The number of carbonyl (C=O) groups excluding carboxylic acids is 1. The van der Waals surface area contributed by atoms with Crippen molar-refractivity contribution in [3.63, 3.8) is 0 Å². The van der Waals surface area contributed by atoms with Crippen molar-refractivity contribution in [1.29, 1.82) is 0 Å². The number of rotatable bonds is 0. The molecule has 0 aromatic rings. The second kappa shape index (κ2) is 7.19. The Morgan fingerprint density at radius 3 is 1.20 bits per heavy atom. The third kappa shape index (κ3) is 63300. The van der Waals surface area contributed by atoms with Crippen LogP contribution in [0.1, 0.15) is 0 Å². The molecule has 0 rings (SSSR count). The van der Waals surface area contributed by atoms with Gasteiger partial charge in [0.25, 0.3) is 0 Å². The molecule has 5 N–H and O–H groups in total. The minimum absolute atomic E-state index is 0. The van der Waals surface area contributed by atoms with Gasteiger partial charge in [0.05, 0.1) is 0 Å². The Kier molecular flexibility index (Phi) is 11.9. The first-order valence-electron chi connectivity index (χ1n) is 1.28. The highest BCUT2D eigenvalue weighted by molar-refractivity contribution is 7.79. The lowest BCUT2D eigenvalue weighted by atomic mass is 11.8. The molecule has 0 aliphatic rings. The molecule has 64 valence electrons. The van der Waals surface area contributed by atoms with Crippen molar-refractivity contribution < 1.29 is 22.3 Å². The molecule has 0 amide bonds. The molecule has 0 aliphatic carbocycles. The monoisotopic (exact) mass is 213 g/mol. The van der Waals surface area contributed by atoms with Crippen molar-refractivity contribution in [2.45, 2.75) is 0 Å². The lowest BCUT2D eigenvalue weighted by Crippen LogP contribution is -1.89. The van der Waals surface area contributed by atoms with Gasteiger partial charge in [-0.1, -0.05) is 0 Å². The van der Waals surface area contributed by atoms with Crippen LogP contribution in [0.25, 0.3) is 0 Å². The van der Waals surface area contributed by atoms with Crippen LogP contribution in [0.4, 0.5) is 4.79 Å². The molecule has 10 heavy (non-hydrogen) atoms. The van der Waals surface area contributed by atoms with E-state index in [4.69, 9.17) is 22.3 Å². The van der Waals surface area contributed by atoms with Gasteiger partial charge in [0.1, 0.15) is 0 Å². The van der Waals surface area contributed by atoms with Gasteiger partial charge < -0.3 is 6.15 Å². The predicted octanol–water partition coefficient (Wildman–Crippen LogP) is 1.09. The third-order valence-electron chi connectivity index (χ3n) is 0. The zero-order valence-electron chi connectivity index (χ0n) is 4.49. The topological polar surface area (TPSA) is 127 Å². The first-order chi connectivity index (χ1) is 3.73. The fourth-order valence-corrected chi connectivity index (χ4v) is 0. The smallest absolute Gasteiger partial charge is 0.344 e. The highest BCUT2D eigenvalue weighted by Crippen LogP contribution is 1.84. The van der Waals surface area contributed by atoms with Gasteiger partial charge >= 0.3 is 15.1 Å². The van der Waals surface area contributed by atoms with Gasteiger partial charge in [0.15, 0.2) is 0 Å². The predicted molar refractivity (Wildman–Crippen MR) is 36.3 cm³/mol. The summed E-state index contributed by atoms with van der Waals surface area (Å²) in [6, 6.07) is 0. The van der Waals surface area contributed by atoms with Gasteiger partial charge in [-0.25, -0.2) is 0 Å². The molecule has 0 bridgehead atoms. The molecule has 0 fully saturated rings. The Hall–Kier alpha value is 0.0800. The molecule has 0 saturated carbocycles. The van der Waals surface area contributed by atoms with Crippen LogP contribution in [0.2, 0.25) is 0 Å². The minimum atomic E-state index is -4.67. The van der Waals surface area contributed by atoms with Crippen molar-refractivity contribution in [2.75, 3.05) is 0 Å². The number of hydrogen-bond acceptors (Lipinski definition) is 4. The SMILES string of the molecule is N.O=C(Cl)Cl.O=S(=O)(O)O. The van der Waals surface area contributed by atoms with Crippen LogP contribution in [-0.4, -0.2) is 22.2 Å². The fourth-order valence-electron chi connectivity index (χ4n) is 0. The Morgan fingerprint density at radius 2 is 1.20 bits per heavy atom. The standard InChI is InChI=1S/CCl2O.H3N.H2O4S/c2-1(3)4;;1-5(2,3)4/h;1H3;(H2,1,2,3,4). The Morgan fingerprint density at radius 1 is 1.20 bits per heavy atom. The number of hydrogen-bond donors (Lipinski definition) is 3. The van der Waals surface area contributed by atoms with E-state index >= 15 is 0 Å². The highest BCUT2D eigenvalue weighted by atomic mass is 35.5. The lowest BCUT2D eigenvalue weighted by Gasteiger charge is -1.68. The van der Waals surface area contributed by atoms with E-state index in [1.165, 1.54) is 0 Å². The molecular formula is CH5Cl2NO5S. The maximum atomic E-state index is 8.98. The first kappa shape index (κ1) is 16.6. The maximum Gasteiger partial charge on any atom is 0.394 e. The maximum absolute atomic E-state index is 8.98. The zero-order chi connectivity index (χ0) is 8.08. The first-order valence-corrected chi connectivity index (χ1v) is 3.43. The molecule has 9 heteroatoms. The van der Waals surface area contributed by atoms with Gasteiger partial charge in [-0.15, -0.1) is 0 Å². The van der Waals surface area contributed by atoms with Gasteiger partial charge in [-0.2, -0.15) is 8.42 Å². The van der Waals surface area contributed by atoms with E-state index in [2.05, 4.69) is 23.2 Å². The lowest BCUT2D eigenvalue weighted by molar-refractivity contribution is 0.275. The summed E-state index contributed by atoms with van der Waals surface area (Å²) in [5, 5.41) is 0. The summed E-state index contributed by atoms with van der Waals surface area (Å²) in [7, 11) is -4.67. The van der Waals surface area contributed by atoms with E-state index in [0.29, 0.717) is 0 Å². The van der Waals surface area contributed by atoms with Crippen molar-refractivity contribution in [3.05, 3.63) is 0 Å². The minimum Gasteiger partial charge on any atom is -0.344 e. The summed E-state index contributed by atoms with van der Waals surface area (Å²) >= 11 is 8.80. The van der Waals surface area contributed by atoms with Crippen LogP contribution >= 0.6 is 23.2 Å². The summed E-state index contributed by atoms with van der Waals surface area (Å²) in [5.41, 5.74) is 0. The molecular weight excluding hydrogens is 209 g/mol. The van der Waals surface area contributed by atoms with Crippen LogP contribution in [0.15, 0.2) is 0 Å². The molecule has 6 nitrogen and oxygen atoms in total. The largest absolute Gasteiger partial charge is 0.394 e. The fraction of sp³-hybridized carbons (Fsp3) is 0. The summed E-state index contributed by atoms with van der Waals surface area (Å²) < 4.78 is 30.7. The van der Waals surface area contributed by atoms with Crippen LogP contribution in [0.5, 0.6) is 0 Å². The van der Waals surface area contributed by atoms with Gasteiger partial charge in [0.2, 0.25) is 0 Å². The number of halogens is 2. The van der Waals surface area contributed by atoms with E-state index in [1.807, 2.05) is 0 Å². The van der Waals surface area contributed by atoms with Gasteiger partial charge in [-0.05, 0) is 23.2 Å². The van der Waals surface area contributed by atoms with Crippen molar-refractivity contribution in [3.8, 4) is 0 Å². The van der Waals surface area contributed by atoms with Crippen LogP contribution in [0.3, 0.4) is 0 Å². The molecule has 0 spiro atoms. The number of carbonyl (C=O) groups is 1. The van der Waals surface area contributed by atoms with Gasteiger partial charge in [0, 0.05) is 0 Å². The quantitative estimate of drug-likeness (QED) is 0.409. The Bertz CT molecular complexity index is 162.